The van der Waals surface area contributed by atoms with E-state index in [1.807, 2.05) is 0 Å². The highest BCUT2D eigenvalue weighted by Gasteiger charge is 2.25. The monoisotopic (exact) mass is 156 g/mol. The molecule has 0 bridgehead atoms. The molecule has 2 heteroatoms. The Bertz CT molecular complexity index is 113. The number of piperazine rings is 1. The van der Waals surface area contributed by atoms with Crippen LogP contribution in [-0.4, -0.2) is 48.6 Å². The van der Waals surface area contributed by atoms with Crippen LogP contribution in [0.4, 0.5) is 0 Å². The highest BCUT2D eigenvalue weighted by atomic mass is 15.3. The second kappa shape index (κ2) is 3.55. The van der Waals surface area contributed by atoms with E-state index in [9.17, 15) is 0 Å². The molecule has 0 aromatic carbocycles. The molecule has 2 unspecified atom stereocenters. The minimum atomic E-state index is 0.730. The van der Waals surface area contributed by atoms with Crippen molar-refractivity contribution in [3.63, 3.8) is 0 Å². The van der Waals surface area contributed by atoms with Crippen molar-refractivity contribution in [2.45, 2.75) is 32.9 Å². The number of rotatable bonds is 1. The summed E-state index contributed by atoms with van der Waals surface area (Å²) in [6.45, 7) is 10.5. The van der Waals surface area contributed by atoms with Crippen LogP contribution in [0.5, 0.6) is 0 Å². The normalized spacial score (nSPS) is 36.0. The lowest BCUT2D eigenvalue weighted by Crippen LogP contribution is -2.55. The standard InChI is InChI=1S/C9H20N2/c1-5-11-8(2)6-10(4)7-9(11)3/h8-9H,5-7H2,1-4H3. The summed E-state index contributed by atoms with van der Waals surface area (Å²) < 4.78 is 0. The Morgan fingerprint density at radius 3 is 2.00 bits per heavy atom. The molecule has 1 heterocycles. The minimum Gasteiger partial charge on any atom is -0.303 e. The highest BCUT2D eigenvalue weighted by molar-refractivity contribution is 4.82. The lowest BCUT2D eigenvalue weighted by Gasteiger charge is -2.42. The van der Waals surface area contributed by atoms with E-state index < -0.39 is 0 Å². The third-order valence-electron chi connectivity index (χ3n) is 2.65. The average Bonchev–Trinajstić information content (AvgIpc) is 1.85. The topological polar surface area (TPSA) is 6.48 Å². The summed E-state index contributed by atoms with van der Waals surface area (Å²) in [7, 11) is 2.21. The van der Waals surface area contributed by atoms with Gasteiger partial charge < -0.3 is 4.90 Å². The molecule has 66 valence electrons. The Balaban J connectivity index is 2.52. The summed E-state index contributed by atoms with van der Waals surface area (Å²) in [5, 5.41) is 0. The second-order valence-electron chi connectivity index (χ2n) is 3.75. The quantitative estimate of drug-likeness (QED) is 0.559. The fourth-order valence-electron chi connectivity index (χ4n) is 2.24. The summed E-state index contributed by atoms with van der Waals surface area (Å²) in [6, 6.07) is 1.46. The molecule has 0 radical (unpaired) electrons. The zero-order valence-electron chi connectivity index (χ0n) is 8.17. The van der Waals surface area contributed by atoms with Crippen LogP contribution in [-0.2, 0) is 0 Å². The van der Waals surface area contributed by atoms with Gasteiger partial charge in [0.2, 0.25) is 0 Å². The van der Waals surface area contributed by atoms with Crippen molar-refractivity contribution in [1.29, 1.82) is 0 Å². The van der Waals surface area contributed by atoms with Gasteiger partial charge in [0.15, 0.2) is 0 Å². The molecule has 1 saturated heterocycles. The van der Waals surface area contributed by atoms with Crippen molar-refractivity contribution in [1.82, 2.24) is 9.80 Å². The smallest absolute Gasteiger partial charge is 0.0198 e. The zero-order chi connectivity index (χ0) is 8.43. The molecule has 2 atom stereocenters. The van der Waals surface area contributed by atoms with Gasteiger partial charge in [-0.1, -0.05) is 6.92 Å². The molecule has 2 nitrogen and oxygen atoms in total. The van der Waals surface area contributed by atoms with Crippen molar-refractivity contribution < 1.29 is 0 Å². The first-order chi connectivity index (χ1) is 5.15. The average molecular weight is 156 g/mol. The lowest BCUT2D eigenvalue weighted by molar-refractivity contribution is 0.0573. The van der Waals surface area contributed by atoms with Gasteiger partial charge >= 0.3 is 0 Å². The Labute approximate surface area is 70.2 Å². The van der Waals surface area contributed by atoms with Crippen molar-refractivity contribution in [2.75, 3.05) is 26.7 Å². The summed E-state index contributed by atoms with van der Waals surface area (Å²) in [5.41, 5.74) is 0. The Kier molecular flexibility index (Phi) is 2.90. The largest absolute Gasteiger partial charge is 0.303 e. The van der Waals surface area contributed by atoms with E-state index in [2.05, 4.69) is 37.6 Å². The Morgan fingerprint density at radius 2 is 1.64 bits per heavy atom. The van der Waals surface area contributed by atoms with Crippen molar-refractivity contribution in [2.24, 2.45) is 0 Å². The van der Waals surface area contributed by atoms with E-state index >= 15 is 0 Å². The fourth-order valence-corrected chi connectivity index (χ4v) is 2.24. The molecule has 1 aliphatic rings. The zero-order valence-corrected chi connectivity index (χ0v) is 8.17. The molecule has 0 amide bonds. The van der Waals surface area contributed by atoms with E-state index in [0.29, 0.717) is 0 Å². The van der Waals surface area contributed by atoms with E-state index in [4.69, 9.17) is 0 Å². The molecule has 0 N–H and O–H groups in total. The number of nitrogens with zero attached hydrogens (tertiary/aromatic N) is 2. The minimum absolute atomic E-state index is 0.730. The molecular formula is C9H20N2. The lowest BCUT2D eigenvalue weighted by atomic mass is 10.1. The van der Waals surface area contributed by atoms with Crippen LogP contribution in [0.2, 0.25) is 0 Å². The van der Waals surface area contributed by atoms with Crippen LogP contribution < -0.4 is 0 Å². The summed E-state index contributed by atoms with van der Waals surface area (Å²) in [4.78, 5) is 4.99. The first-order valence-corrected chi connectivity index (χ1v) is 4.59. The van der Waals surface area contributed by atoms with Gasteiger partial charge in [-0.15, -0.1) is 0 Å². The maximum atomic E-state index is 2.57. The van der Waals surface area contributed by atoms with Gasteiger partial charge in [-0.2, -0.15) is 0 Å². The van der Waals surface area contributed by atoms with E-state index in [1.54, 1.807) is 0 Å². The van der Waals surface area contributed by atoms with Crippen LogP contribution in [0.25, 0.3) is 0 Å². The fraction of sp³-hybridized carbons (Fsp3) is 1.00. The molecule has 0 aromatic heterocycles. The van der Waals surface area contributed by atoms with E-state index in [-0.39, 0.29) is 0 Å². The van der Waals surface area contributed by atoms with Crippen LogP contribution in [0, 0.1) is 0 Å². The number of hydrogen-bond acceptors (Lipinski definition) is 2. The molecule has 0 aliphatic carbocycles. The van der Waals surface area contributed by atoms with Gasteiger partial charge in [0, 0.05) is 25.2 Å². The van der Waals surface area contributed by atoms with Gasteiger partial charge in [-0.25, -0.2) is 0 Å². The second-order valence-corrected chi connectivity index (χ2v) is 3.75. The predicted octanol–water partition coefficient (Wildman–Crippen LogP) is 1.03. The number of likely N-dealkylation sites (N-methyl/N-ethyl adjacent to an activating group) is 2. The van der Waals surface area contributed by atoms with Gasteiger partial charge in [-0.3, -0.25) is 4.90 Å². The maximum Gasteiger partial charge on any atom is 0.0198 e. The first kappa shape index (κ1) is 9.01. The molecule has 0 spiro atoms. The van der Waals surface area contributed by atoms with E-state index in [1.165, 1.54) is 19.6 Å². The van der Waals surface area contributed by atoms with Gasteiger partial charge in [0.25, 0.3) is 0 Å². The summed E-state index contributed by atoms with van der Waals surface area (Å²) in [5.74, 6) is 0. The van der Waals surface area contributed by atoms with Gasteiger partial charge in [0.1, 0.15) is 0 Å². The number of hydrogen-bond donors (Lipinski definition) is 0. The third kappa shape index (κ3) is 1.94. The first-order valence-electron chi connectivity index (χ1n) is 4.59. The van der Waals surface area contributed by atoms with Crippen LogP contribution >= 0.6 is 0 Å². The molecule has 1 fully saturated rings. The Morgan fingerprint density at radius 1 is 1.18 bits per heavy atom. The van der Waals surface area contributed by atoms with Crippen molar-refractivity contribution >= 4 is 0 Å². The van der Waals surface area contributed by atoms with Crippen LogP contribution in [0.3, 0.4) is 0 Å². The molecule has 11 heavy (non-hydrogen) atoms. The predicted molar refractivity (Wildman–Crippen MR) is 48.8 cm³/mol. The van der Waals surface area contributed by atoms with E-state index in [0.717, 1.165) is 12.1 Å². The van der Waals surface area contributed by atoms with Crippen LogP contribution in [0.1, 0.15) is 20.8 Å². The SMILES string of the molecule is CCN1C(C)CN(C)CC1C. The molecule has 0 aromatic rings. The van der Waals surface area contributed by atoms with Gasteiger partial charge in [-0.05, 0) is 27.4 Å². The third-order valence-corrected chi connectivity index (χ3v) is 2.65. The molecule has 1 rings (SSSR count). The molecule has 0 saturated carbocycles. The van der Waals surface area contributed by atoms with Gasteiger partial charge in [0.05, 0.1) is 0 Å². The molecular weight excluding hydrogens is 136 g/mol. The van der Waals surface area contributed by atoms with Crippen LogP contribution in [0.15, 0.2) is 0 Å². The van der Waals surface area contributed by atoms with Crippen molar-refractivity contribution in [3.05, 3.63) is 0 Å². The summed E-state index contributed by atoms with van der Waals surface area (Å²) in [6.07, 6.45) is 0. The maximum absolute atomic E-state index is 2.57. The van der Waals surface area contributed by atoms with Crippen molar-refractivity contribution in [3.8, 4) is 0 Å². The summed E-state index contributed by atoms with van der Waals surface area (Å²) >= 11 is 0. The Hall–Kier alpha value is -0.0800. The molecule has 1 aliphatic heterocycles. The highest BCUT2D eigenvalue weighted by Crippen LogP contribution is 2.12.